The number of thioether (sulfide) groups is 1. The van der Waals surface area contributed by atoms with Crippen molar-refractivity contribution in [2.24, 2.45) is 5.92 Å². The van der Waals surface area contributed by atoms with Gasteiger partial charge in [-0.1, -0.05) is 30.3 Å². The van der Waals surface area contributed by atoms with Crippen LogP contribution in [0.5, 0.6) is 0 Å². The molecule has 3 heteroatoms. The third-order valence-corrected chi connectivity index (χ3v) is 4.33. The monoisotopic (exact) mass is 287 g/mol. The molecule has 3 rings (SSSR count). The summed E-state index contributed by atoms with van der Waals surface area (Å²) in [6, 6.07) is 15.4. The molecule has 0 amide bonds. The molecule has 1 aliphatic carbocycles. The lowest BCUT2D eigenvalue weighted by Gasteiger charge is -2.18. The molecule has 1 unspecified atom stereocenters. The molecular formula is C17H21NOS. The summed E-state index contributed by atoms with van der Waals surface area (Å²) in [6.07, 6.45) is 4.77. The van der Waals surface area contributed by atoms with Crippen LogP contribution in [0.1, 0.15) is 36.0 Å². The molecule has 0 spiro atoms. The lowest BCUT2D eigenvalue weighted by atomic mass is 10.0. The highest BCUT2D eigenvalue weighted by atomic mass is 32.2. The van der Waals surface area contributed by atoms with Crippen LogP contribution < -0.4 is 5.32 Å². The Hall–Kier alpha value is -1.19. The van der Waals surface area contributed by atoms with E-state index in [-0.39, 0.29) is 0 Å². The first-order valence-corrected chi connectivity index (χ1v) is 8.61. The van der Waals surface area contributed by atoms with Gasteiger partial charge in [-0.3, -0.25) is 0 Å². The van der Waals surface area contributed by atoms with Crippen molar-refractivity contribution in [1.29, 1.82) is 0 Å². The molecule has 1 fully saturated rings. The zero-order chi connectivity index (χ0) is 13.8. The van der Waals surface area contributed by atoms with Gasteiger partial charge in [-0.2, -0.15) is 11.8 Å². The molecule has 1 aromatic carbocycles. The standard InChI is InChI=1S/C17H21NOS/c1-20-12-16-10-9-15(19-16)11-18-17(14-7-8-14)13-5-3-2-4-6-13/h2-6,9-10,14,17-18H,7-8,11-12H2,1H3. The van der Waals surface area contributed by atoms with E-state index in [4.69, 9.17) is 4.42 Å². The van der Waals surface area contributed by atoms with Gasteiger partial charge in [-0.05, 0) is 42.7 Å². The summed E-state index contributed by atoms with van der Waals surface area (Å²) in [5.41, 5.74) is 1.39. The first-order valence-electron chi connectivity index (χ1n) is 7.21. The first kappa shape index (κ1) is 13.8. The van der Waals surface area contributed by atoms with Gasteiger partial charge < -0.3 is 9.73 Å². The van der Waals surface area contributed by atoms with E-state index < -0.39 is 0 Å². The smallest absolute Gasteiger partial charge is 0.118 e. The van der Waals surface area contributed by atoms with Crippen LogP contribution in [0.4, 0.5) is 0 Å². The Kier molecular flexibility index (Phi) is 4.48. The number of benzene rings is 1. The zero-order valence-electron chi connectivity index (χ0n) is 11.8. The van der Waals surface area contributed by atoms with Gasteiger partial charge in [0.15, 0.2) is 0 Å². The third kappa shape index (κ3) is 3.47. The lowest BCUT2D eigenvalue weighted by molar-refractivity contribution is 0.415. The number of rotatable bonds is 7. The van der Waals surface area contributed by atoms with E-state index in [1.807, 2.05) is 0 Å². The highest BCUT2D eigenvalue weighted by Gasteiger charge is 2.31. The Morgan fingerprint density at radius 3 is 2.60 bits per heavy atom. The highest BCUT2D eigenvalue weighted by Crippen LogP contribution is 2.41. The maximum Gasteiger partial charge on any atom is 0.118 e. The van der Waals surface area contributed by atoms with E-state index in [9.17, 15) is 0 Å². The zero-order valence-corrected chi connectivity index (χ0v) is 12.7. The number of hydrogen-bond donors (Lipinski definition) is 1. The minimum Gasteiger partial charge on any atom is -0.464 e. The van der Waals surface area contributed by atoms with Gasteiger partial charge in [0.2, 0.25) is 0 Å². The van der Waals surface area contributed by atoms with Gasteiger partial charge in [-0.15, -0.1) is 0 Å². The predicted molar refractivity (Wildman–Crippen MR) is 84.7 cm³/mol. The topological polar surface area (TPSA) is 25.2 Å². The largest absolute Gasteiger partial charge is 0.464 e. The average molecular weight is 287 g/mol. The van der Waals surface area contributed by atoms with E-state index in [2.05, 4.69) is 54.0 Å². The summed E-state index contributed by atoms with van der Waals surface area (Å²) in [5, 5.41) is 3.67. The molecule has 0 aliphatic heterocycles. The quantitative estimate of drug-likeness (QED) is 0.818. The van der Waals surface area contributed by atoms with Crippen LogP contribution in [0.15, 0.2) is 46.9 Å². The van der Waals surface area contributed by atoms with Gasteiger partial charge >= 0.3 is 0 Å². The molecule has 1 aromatic heterocycles. The van der Waals surface area contributed by atoms with Crippen molar-refractivity contribution in [3.63, 3.8) is 0 Å². The third-order valence-electron chi connectivity index (χ3n) is 3.75. The van der Waals surface area contributed by atoms with E-state index in [1.165, 1.54) is 18.4 Å². The van der Waals surface area contributed by atoms with Gasteiger partial charge in [-0.25, -0.2) is 0 Å². The molecule has 20 heavy (non-hydrogen) atoms. The van der Waals surface area contributed by atoms with Gasteiger partial charge in [0.1, 0.15) is 11.5 Å². The Morgan fingerprint density at radius 1 is 1.15 bits per heavy atom. The van der Waals surface area contributed by atoms with Crippen molar-refractivity contribution in [3.05, 3.63) is 59.5 Å². The molecule has 0 radical (unpaired) electrons. The van der Waals surface area contributed by atoms with Crippen molar-refractivity contribution in [3.8, 4) is 0 Å². The van der Waals surface area contributed by atoms with Crippen LogP contribution >= 0.6 is 11.8 Å². The molecule has 0 saturated heterocycles. The summed E-state index contributed by atoms with van der Waals surface area (Å²) < 4.78 is 5.83. The van der Waals surface area contributed by atoms with Crippen molar-refractivity contribution < 1.29 is 4.42 Å². The lowest BCUT2D eigenvalue weighted by Crippen LogP contribution is -2.22. The Bertz CT molecular complexity index is 533. The maximum atomic E-state index is 5.83. The second-order valence-corrected chi connectivity index (χ2v) is 6.27. The molecule has 2 nitrogen and oxygen atoms in total. The summed E-state index contributed by atoms with van der Waals surface area (Å²) in [4.78, 5) is 0. The van der Waals surface area contributed by atoms with Crippen LogP contribution in [0.2, 0.25) is 0 Å². The number of hydrogen-bond acceptors (Lipinski definition) is 3. The van der Waals surface area contributed by atoms with Crippen molar-refractivity contribution in [1.82, 2.24) is 5.32 Å². The molecule has 1 saturated carbocycles. The van der Waals surface area contributed by atoms with E-state index in [1.54, 1.807) is 11.8 Å². The molecule has 2 aromatic rings. The molecular weight excluding hydrogens is 266 g/mol. The second-order valence-electron chi connectivity index (χ2n) is 5.41. The second kappa shape index (κ2) is 6.51. The fourth-order valence-corrected chi connectivity index (χ4v) is 3.03. The Morgan fingerprint density at radius 2 is 1.90 bits per heavy atom. The fraction of sp³-hybridized carbons (Fsp3) is 0.412. The van der Waals surface area contributed by atoms with Crippen LogP contribution in [-0.2, 0) is 12.3 Å². The normalized spacial score (nSPS) is 16.2. The van der Waals surface area contributed by atoms with E-state index >= 15 is 0 Å². The molecule has 1 aliphatic rings. The fourth-order valence-electron chi connectivity index (χ4n) is 2.59. The van der Waals surface area contributed by atoms with E-state index in [0.29, 0.717) is 6.04 Å². The first-order chi connectivity index (χ1) is 9.86. The van der Waals surface area contributed by atoms with Crippen molar-refractivity contribution in [2.75, 3.05) is 6.26 Å². The molecule has 1 heterocycles. The van der Waals surface area contributed by atoms with Crippen LogP contribution in [0.25, 0.3) is 0 Å². The minimum absolute atomic E-state index is 0.463. The van der Waals surface area contributed by atoms with Crippen LogP contribution in [0.3, 0.4) is 0 Å². The molecule has 1 N–H and O–H groups in total. The Labute approximate surface area is 125 Å². The SMILES string of the molecule is CSCc1ccc(CNC(c2ccccc2)C2CC2)o1. The Balaban J connectivity index is 1.62. The molecule has 106 valence electrons. The minimum atomic E-state index is 0.463. The van der Waals surface area contributed by atoms with Gasteiger partial charge in [0.25, 0.3) is 0 Å². The van der Waals surface area contributed by atoms with E-state index in [0.717, 1.165) is 29.7 Å². The summed E-state index contributed by atoms with van der Waals surface area (Å²) in [5.74, 6) is 3.84. The molecule has 0 bridgehead atoms. The van der Waals surface area contributed by atoms with Crippen LogP contribution in [0, 0.1) is 5.92 Å². The van der Waals surface area contributed by atoms with Gasteiger partial charge in [0, 0.05) is 6.04 Å². The summed E-state index contributed by atoms with van der Waals surface area (Å²) in [7, 11) is 0. The number of nitrogens with one attached hydrogen (secondary N) is 1. The molecule has 1 atom stereocenters. The van der Waals surface area contributed by atoms with Crippen LogP contribution in [-0.4, -0.2) is 6.26 Å². The van der Waals surface area contributed by atoms with Crippen molar-refractivity contribution >= 4 is 11.8 Å². The maximum absolute atomic E-state index is 5.83. The summed E-state index contributed by atoms with van der Waals surface area (Å²) >= 11 is 1.79. The highest BCUT2D eigenvalue weighted by molar-refractivity contribution is 7.97. The predicted octanol–water partition coefficient (Wildman–Crippen LogP) is 4.38. The number of furan rings is 1. The average Bonchev–Trinajstić information content (AvgIpc) is 3.21. The summed E-state index contributed by atoms with van der Waals surface area (Å²) in [6.45, 7) is 0.810. The van der Waals surface area contributed by atoms with Gasteiger partial charge in [0.05, 0.1) is 12.3 Å². The van der Waals surface area contributed by atoms with Crippen molar-refractivity contribution in [2.45, 2.75) is 31.2 Å².